The van der Waals surface area contributed by atoms with Crippen molar-refractivity contribution in [2.75, 3.05) is 12.4 Å². The molecule has 31 heavy (non-hydrogen) atoms. The van der Waals surface area contributed by atoms with Crippen LogP contribution in [0, 0.1) is 11.2 Å². The molecule has 1 atom stereocenters. The van der Waals surface area contributed by atoms with Gasteiger partial charge >= 0.3 is 0 Å². The third kappa shape index (κ3) is 3.40. The van der Waals surface area contributed by atoms with Gasteiger partial charge in [0.25, 0.3) is 0 Å². The minimum absolute atomic E-state index is 0.0835. The van der Waals surface area contributed by atoms with Crippen molar-refractivity contribution < 1.29 is 13.9 Å². The number of methoxy groups -OCH3 is 1. The Kier molecular flexibility index (Phi) is 4.43. The van der Waals surface area contributed by atoms with E-state index in [0.29, 0.717) is 23.8 Å². The van der Waals surface area contributed by atoms with Gasteiger partial charge in [0.1, 0.15) is 17.6 Å². The lowest BCUT2D eigenvalue weighted by Crippen LogP contribution is -2.36. The number of benzene rings is 2. The van der Waals surface area contributed by atoms with E-state index in [2.05, 4.69) is 19.2 Å². The number of fused-ring (bicyclic) bond motifs is 1. The predicted molar refractivity (Wildman–Crippen MR) is 115 cm³/mol. The molecule has 3 aromatic rings. The number of carbonyl (C=O) groups excluding carboxylic acids is 1. The molecule has 0 unspecified atom stereocenters. The van der Waals surface area contributed by atoms with Gasteiger partial charge in [-0.25, -0.2) is 9.07 Å². The molecule has 5 rings (SSSR count). The van der Waals surface area contributed by atoms with Gasteiger partial charge < -0.3 is 10.1 Å². The summed E-state index contributed by atoms with van der Waals surface area (Å²) in [6, 6.07) is 13.3. The molecule has 6 nitrogen and oxygen atoms in total. The highest BCUT2D eigenvalue weighted by Gasteiger charge is 2.41. The summed E-state index contributed by atoms with van der Waals surface area (Å²) in [6.07, 6.45) is 1.19. The highest BCUT2D eigenvalue weighted by molar-refractivity contribution is 6.00. The zero-order valence-corrected chi connectivity index (χ0v) is 17.6. The molecule has 2 aliphatic rings. The number of nitrogens with zero attached hydrogens (tertiary/aromatic N) is 3. The largest absolute Gasteiger partial charge is 0.497 e. The van der Waals surface area contributed by atoms with Gasteiger partial charge in [-0.05, 0) is 53.8 Å². The summed E-state index contributed by atoms with van der Waals surface area (Å²) >= 11 is 0. The summed E-state index contributed by atoms with van der Waals surface area (Å²) in [6.45, 7) is 4.18. The van der Waals surface area contributed by atoms with Crippen molar-refractivity contribution in [1.82, 2.24) is 14.8 Å². The lowest BCUT2D eigenvalue weighted by molar-refractivity contribution is -0.118. The minimum Gasteiger partial charge on any atom is -0.497 e. The zero-order chi connectivity index (χ0) is 21.8. The molecule has 0 saturated carbocycles. The Bertz CT molecular complexity index is 1190. The first kappa shape index (κ1) is 19.5. The van der Waals surface area contributed by atoms with Gasteiger partial charge in [-0.15, -0.1) is 5.10 Å². The van der Waals surface area contributed by atoms with E-state index >= 15 is 0 Å². The quantitative estimate of drug-likeness (QED) is 0.665. The number of aromatic nitrogens is 3. The van der Waals surface area contributed by atoms with Crippen LogP contribution >= 0.6 is 0 Å². The fourth-order valence-electron chi connectivity index (χ4n) is 4.42. The van der Waals surface area contributed by atoms with Crippen LogP contribution in [-0.4, -0.2) is 27.7 Å². The molecule has 7 heteroatoms. The van der Waals surface area contributed by atoms with E-state index < -0.39 is 6.04 Å². The summed E-state index contributed by atoms with van der Waals surface area (Å²) in [5.41, 5.74) is 3.06. The van der Waals surface area contributed by atoms with Crippen LogP contribution in [0.4, 0.5) is 10.3 Å². The second-order valence-electron chi connectivity index (χ2n) is 8.84. The van der Waals surface area contributed by atoms with E-state index in [1.54, 1.807) is 23.9 Å². The van der Waals surface area contributed by atoms with Gasteiger partial charge in [0.15, 0.2) is 11.6 Å². The van der Waals surface area contributed by atoms with Crippen molar-refractivity contribution >= 4 is 11.7 Å². The number of hydrogen-bond donors (Lipinski definition) is 1. The Morgan fingerprint density at radius 2 is 1.81 bits per heavy atom. The molecule has 1 aliphatic heterocycles. The van der Waals surface area contributed by atoms with E-state index in [1.165, 1.54) is 12.1 Å². The van der Waals surface area contributed by atoms with Crippen LogP contribution in [0.5, 0.6) is 5.75 Å². The molecule has 0 bridgehead atoms. The molecule has 0 spiro atoms. The van der Waals surface area contributed by atoms with Crippen LogP contribution < -0.4 is 10.1 Å². The maximum Gasteiger partial charge on any atom is 0.226 e. The molecule has 2 heterocycles. The first-order chi connectivity index (χ1) is 14.8. The normalized spacial score (nSPS) is 19.5. The Morgan fingerprint density at radius 3 is 2.48 bits per heavy atom. The molecule has 1 aromatic heterocycles. The van der Waals surface area contributed by atoms with Crippen LogP contribution in [-0.2, 0) is 4.79 Å². The third-order valence-corrected chi connectivity index (χ3v) is 5.87. The molecule has 158 valence electrons. The van der Waals surface area contributed by atoms with E-state index in [4.69, 9.17) is 14.8 Å². The van der Waals surface area contributed by atoms with Crippen LogP contribution in [0.3, 0.4) is 0 Å². The smallest absolute Gasteiger partial charge is 0.226 e. The number of allylic oxidation sites excluding steroid dienone is 2. The van der Waals surface area contributed by atoms with Gasteiger partial charge in [-0.1, -0.05) is 26.0 Å². The van der Waals surface area contributed by atoms with Gasteiger partial charge in [-0.3, -0.25) is 4.79 Å². The van der Waals surface area contributed by atoms with Crippen molar-refractivity contribution in [2.45, 2.75) is 32.7 Å². The molecule has 0 fully saturated rings. The van der Waals surface area contributed by atoms with Crippen molar-refractivity contribution in [2.24, 2.45) is 5.41 Å². The number of Topliss-reactive ketones (excluding diaryl/α,β-unsaturated/α-hetero) is 1. The predicted octanol–water partition coefficient (Wildman–Crippen LogP) is 4.75. The fraction of sp³-hybridized carbons (Fsp3) is 0.292. The SMILES string of the molecule is COc1ccc(-c2nc3n(n2)[C@H](c2ccc(F)cc2)C2=C(CC(C)(C)CC2=O)N3)cc1. The summed E-state index contributed by atoms with van der Waals surface area (Å²) < 4.78 is 20.6. The van der Waals surface area contributed by atoms with Crippen LogP contribution in [0.1, 0.15) is 38.3 Å². The molecule has 1 N–H and O–H groups in total. The summed E-state index contributed by atoms with van der Waals surface area (Å²) in [5, 5.41) is 8.10. The highest BCUT2D eigenvalue weighted by Crippen LogP contribution is 2.45. The van der Waals surface area contributed by atoms with E-state index in [0.717, 1.165) is 29.0 Å². The van der Waals surface area contributed by atoms with Gasteiger partial charge in [-0.2, -0.15) is 4.98 Å². The minimum atomic E-state index is -0.449. The lowest BCUT2D eigenvalue weighted by Gasteiger charge is -2.38. The molecular weight excluding hydrogens is 395 g/mol. The first-order valence-electron chi connectivity index (χ1n) is 10.2. The van der Waals surface area contributed by atoms with Crippen LogP contribution in [0.25, 0.3) is 11.4 Å². The van der Waals surface area contributed by atoms with Crippen molar-refractivity contribution in [1.29, 1.82) is 0 Å². The van der Waals surface area contributed by atoms with Crippen LogP contribution in [0.15, 0.2) is 59.8 Å². The summed E-state index contributed by atoms with van der Waals surface area (Å²) in [7, 11) is 1.62. The fourth-order valence-corrected chi connectivity index (χ4v) is 4.42. The molecule has 0 saturated heterocycles. The highest BCUT2D eigenvalue weighted by atomic mass is 19.1. The topological polar surface area (TPSA) is 69.0 Å². The van der Waals surface area contributed by atoms with Crippen molar-refractivity contribution in [3.05, 3.63) is 71.2 Å². The third-order valence-electron chi connectivity index (χ3n) is 5.87. The Hall–Kier alpha value is -3.48. The standard InChI is InChI=1S/C24H23FN4O2/c1-24(2)12-18-20(19(30)13-24)21(14-4-8-16(25)9-5-14)29-23(26-18)27-22(28-29)15-6-10-17(31-3)11-7-15/h4-11,21H,12-13H2,1-3H3,(H,26,27,28)/t21-/m1/s1. The maximum atomic E-state index is 13.6. The number of nitrogens with one attached hydrogen (secondary N) is 1. The van der Waals surface area contributed by atoms with Crippen molar-refractivity contribution in [3.63, 3.8) is 0 Å². The Labute approximate surface area is 179 Å². The van der Waals surface area contributed by atoms with Gasteiger partial charge in [0.2, 0.25) is 5.95 Å². The second-order valence-corrected chi connectivity index (χ2v) is 8.84. The molecule has 1 aliphatic carbocycles. The van der Waals surface area contributed by atoms with Gasteiger partial charge in [0, 0.05) is 23.3 Å². The summed E-state index contributed by atoms with van der Waals surface area (Å²) in [4.78, 5) is 17.9. The second kappa shape index (κ2) is 7.04. The number of ether oxygens (including phenoxy) is 1. The number of carbonyl (C=O) groups is 1. The molecule has 0 radical (unpaired) electrons. The summed E-state index contributed by atoms with van der Waals surface area (Å²) in [5.74, 6) is 1.63. The average Bonchev–Trinajstić information content (AvgIpc) is 3.16. The number of anilines is 1. The number of ketones is 1. The Balaban J connectivity index is 1.64. The average molecular weight is 418 g/mol. The van der Waals surface area contributed by atoms with E-state index in [9.17, 15) is 9.18 Å². The van der Waals surface area contributed by atoms with Crippen molar-refractivity contribution in [3.8, 4) is 17.1 Å². The zero-order valence-electron chi connectivity index (χ0n) is 17.6. The Morgan fingerprint density at radius 1 is 1.10 bits per heavy atom. The van der Waals surface area contributed by atoms with E-state index in [1.807, 2.05) is 24.3 Å². The number of rotatable bonds is 3. The lowest BCUT2D eigenvalue weighted by atomic mass is 9.73. The van der Waals surface area contributed by atoms with E-state index in [-0.39, 0.29) is 17.0 Å². The van der Waals surface area contributed by atoms with Crippen LogP contribution in [0.2, 0.25) is 0 Å². The molecule has 2 aromatic carbocycles. The molecular formula is C24H23FN4O2. The molecule has 0 amide bonds. The first-order valence-corrected chi connectivity index (χ1v) is 10.2. The number of hydrogen-bond acceptors (Lipinski definition) is 5. The number of halogens is 1. The van der Waals surface area contributed by atoms with Gasteiger partial charge in [0.05, 0.1) is 7.11 Å². The monoisotopic (exact) mass is 418 g/mol. The maximum absolute atomic E-state index is 13.6.